The summed E-state index contributed by atoms with van der Waals surface area (Å²) in [6, 6.07) is 0. The maximum Gasteiger partial charge on any atom is 0.410 e. The molecule has 2 saturated heterocycles. The summed E-state index contributed by atoms with van der Waals surface area (Å²) in [5.74, 6) is -1.38. The fourth-order valence-electron chi connectivity index (χ4n) is 3.21. The van der Waals surface area contributed by atoms with E-state index < -0.39 is 23.1 Å². The lowest BCUT2D eigenvalue weighted by molar-refractivity contribution is -0.179. The Morgan fingerprint density at radius 3 is 2.67 bits per heavy atom. The van der Waals surface area contributed by atoms with Gasteiger partial charge in [0.05, 0.1) is 18.1 Å². The van der Waals surface area contributed by atoms with Crippen molar-refractivity contribution >= 4 is 12.1 Å². The van der Waals surface area contributed by atoms with Crippen LogP contribution in [0, 0.1) is 5.92 Å². The van der Waals surface area contributed by atoms with Gasteiger partial charge in [0.15, 0.2) is 0 Å². The molecule has 6 nitrogen and oxygen atoms in total. The predicted molar refractivity (Wildman–Crippen MR) is 76.1 cm³/mol. The van der Waals surface area contributed by atoms with E-state index in [0.29, 0.717) is 32.5 Å². The Morgan fingerprint density at radius 1 is 1.33 bits per heavy atom. The van der Waals surface area contributed by atoms with Gasteiger partial charge in [-0.25, -0.2) is 4.79 Å². The number of carboxylic acids is 1. The van der Waals surface area contributed by atoms with Gasteiger partial charge in [-0.1, -0.05) is 0 Å². The van der Waals surface area contributed by atoms with E-state index in [9.17, 15) is 14.7 Å². The van der Waals surface area contributed by atoms with Crippen LogP contribution >= 0.6 is 0 Å². The first-order valence-electron chi connectivity index (χ1n) is 7.58. The second-order valence-corrected chi connectivity index (χ2v) is 6.95. The van der Waals surface area contributed by atoms with E-state index in [4.69, 9.17) is 9.47 Å². The van der Waals surface area contributed by atoms with Gasteiger partial charge in [0.2, 0.25) is 0 Å². The van der Waals surface area contributed by atoms with Crippen LogP contribution in [-0.2, 0) is 14.3 Å². The van der Waals surface area contributed by atoms with Crippen molar-refractivity contribution < 1.29 is 24.2 Å². The molecule has 1 N–H and O–H groups in total. The number of carboxylic acid groups (broad SMARTS) is 1. The van der Waals surface area contributed by atoms with Crippen molar-refractivity contribution in [2.75, 3.05) is 19.7 Å². The molecule has 2 atom stereocenters. The molecule has 0 aliphatic carbocycles. The number of aliphatic carboxylic acids is 1. The minimum absolute atomic E-state index is 0.304. The molecule has 2 aliphatic rings. The van der Waals surface area contributed by atoms with Crippen LogP contribution in [0.25, 0.3) is 0 Å². The molecule has 2 unspecified atom stereocenters. The average Bonchev–Trinajstić information content (AvgIpc) is 2.37. The number of nitrogens with zero attached hydrogens (tertiary/aromatic N) is 1. The van der Waals surface area contributed by atoms with Crippen LogP contribution in [0.3, 0.4) is 0 Å². The molecule has 120 valence electrons. The monoisotopic (exact) mass is 299 g/mol. The van der Waals surface area contributed by atoms with Crippen molar-refractivity contribution in [2.24, 2.45) is 5.92 Å². The lowest BCUT2D eigenvalue weighted by Gasteiger charge is -2.47. The highest BCUT2D eigenvalue weighted by atomic mass is 16.6. The van der Waals surface area contributed by atoms with Crippen molar-refractivity contribution in [1.82, 2.24) is 4.90 Å². The molecule has 2 aliphatic heterocycles. The largest absolute Gasteiger partial charge is 0.481 e. The van der Waals surface area contributed by atoms with Gasteiger partial charge in [0, 0.05) is 13.2 Å². The number of carbonyl (C=O) groups is 2. The molecule has 2 rings (SSSR count). The molecule has 0 aromatic rings. The minimum Gasteiger partial charge on any atom is -0.481 e. The zero-order valence-electron chi connectivity index (χ0n) is 13.1. The van der Waals surface area contributed by atoms with Crippen molar-refractivity contribution in [3.8, 4) is 0 Å². The Bertz CT molecular complexity index is 413. The van der Waals surface area contributed by atoms with Crippen LogP contribution in [0.1, 0.15) is 46.5 Å². The number of rotatable bonds is 1. The number of carbonyl (C=O) groups excluding carboxylic acids is 1. The molecule has 1 amide bonds. The maximum atomic E-state index is 12.2. The number of ether oxygens (including phenoxy) is 2. The summed E-state index contributed by atoms with van der Waals surface area (Å²) in [6.07, 6.45) is 2.40. The van der Waals surface area contributed by atoms with Gasteiger partial charge >= 0.3 is 12.1 Å². The van der Waals surface area contributed by atoms with Crippen molar-refractivity contribution in [3.63, 3.8) is 0 Å². The molecule has 0 saturated carbocycles. The molecule has 6 heteroatoms. The molecule has 21 heavy (non-hydrogen) atoms. The first kappa shape index (κ1) is 16.1. The summed E-state index contributed by atoms with van der Waals surface area (Å²) in [7, 11) is 0. The third kappa shape index (κ3) is 3.67. The summed E-state index contributed by atoms with van der Waals surface area (Å²) in [6.45, 7) is 6.92. The fraction of sp³-hybridized carbons (Fsp3) is 0.867. The van der Waals surface area contributed by atoms with E-state index in [0.717, 1.165) is 12.8 Å². The summed E-state index contributed by atoms with van der Waals surface area (Å²) in [4.78, 5) is 25.3. The molecular weight excluding hydrogens is 274 g/mol. The van der Waals surface area contributed by atoms with Gasteiger partial charge in [-0.3, -0.25) is 4.79 Å². The Balaban J connectivity index is 2.11. The number of likely N-dealkylation sites (tertiary alicyclic amines) is 1. The van der Waals surface area contributed by atoms with Crippen LogP contribution in [0.5, 0.6) is 0 Å². The Labute approximate surface area is 125 Å². The summed E-state index contributed by atoms with van der Waals surface area (Å²) < 4.78 is 11.3. The average molecular weight is 299 g/mol. The second kappa shape index (κ2) is 5.83. The molecule has 0 aromatic carbocycles. The summed E-state index contributed by atoms with van der Waals surface area (Å²) in [5.41, 5.74) is -1.31. The molecule has 1 spiro atoms. The van der Waals surface area contributed by atoms with Crippen LogP contribution in [0.15, 0.2) is 0 Å². The van der Waals surface area contributed by atoms with E-state index in [2.05, 4.69) is 0 Å². The molecule has 2 heterocycles. The standard InChI is InChI=1S/C15H25NO5/c1-14(2,3)21-13(19)16-8-5-7-15(10-16)11(12(17)18)6-4-9-20-15/h11H,4-10H2,1-3H3,(H,17,18). The SMILES string of the molecule is CC(C)(C)OC(=O)N1CCCC2(C1)OCCCC2C(=O)O. The molecule has 0 radical (unpaired) electrons. The highest BCUT2D eigenvalue weighted by Crippen LogP contribution is 2.39. The summed E-state index contributed by atoms with van der Waals surface area (Å²) in [5, 5.41) is 9.45. The lowest BCUT2D eigenvalue weighted by Crippen LogP contribution is -2.59. The fourth-order valence-corrected chi connectivity index (χ4v) is 3.21. The predicted octanol–water partition coefficient (Wildman–Crippen LogP) is 2.27. The highest BCUT2D eigenvalue weighted by molar-refractivity contribution is 5.73. The topological polar surface area (TPSA) is 76.1 Å². The van der Waals surface area contributed by atoms with Gasteiger partial charge in [-0.2, -0.15) is 0 Å². The molecule has 0 aromatic heterocycles. The van der Waals surface area contributed by atoms with Crippen molar-refractivity contribution in [1.29, 1.82) is 0 Å². The van der Waals surface area contributed by atoms with Crippen LogP contribution in [-0.4, -0.2) is 53.0 Å². The van der Waals surface area contributed by atoms with Crippen LogP contribution in [0.4, 0.5) is 4.79 Å². The zero-order valence-corrected chi connectivity index (χ0v) is 13.1. The zero-order chi connectivity index (χ0) is 15.7. The Morgan fingerprint density at radius 2 is 2.05 bits per heavy atom. The number of amides is 1. The first-order valence-corrected chi connectivity index (χ1v) is 7.58. The van der Waals surface area contributed by atoms with E-state index in [1.807, 2.05) is 20.8 Å². The minimum atomic E-state index is -0.833. The van der Waals surface area contributed by atoms with Gasteiger partial charge in [-0.15, -0.1) is 0 Å². The van der Waals surface area contributed by atoms with Crippen molar-refractivity contribution in [3.05, 3.63) is 0 Å². The van der Waals surface area contributed by atoms with E-state index in [1.54, 1.807) is 4.90 Å². The quantitative estimate of drug-likeness (QED) is 0.803. The van der Waals surface area contributed by atoms with Gasteiger partial charge in [0.25, 0.3) is 0 Å². The number of hydrogen-bond acceptors (Lipinski definition) is 4. The highest BCUT2D eigenvalue weighted by Gasteiger charge is 2.49. The van der Waals surface area contributed by atoms with E-state index >= 15 is 0 Å². The maximum absolute atomic E-state index is 12.2. The second-order valence-electron chi connectivity index (χ2n) is 6.95. The van der Waals surface area contributed by atoms with Crippen LogP contribution < -0.4 is 0 Å². The first-order chi connectivity index (χ1) is 9.73. The third-order valence-electron chi connectivity index (χ3n) is 4.10. The van der Waals surface area contributed by atoms with E-state index in [1.165, 1.54) is 0 Å². The smallest absolute Gasteiger partial charge is 0.410 e. The summed E-state index contributed by atoms with van der Waals surface area (Å²) >= 11 is 0. The Hall–Kier alpha value is -1.30. The number of piperidine rings is 1. The molecular formula is C15H25NO5. The third-order valence-corrected chi connectivity index (χ3v) is 4.10. The number of hydrogen-bond donors (Lipinski definition) is 1. The molecule has 2 fully saturated rings. The van der Waals surface area contributed by atoms with Crippen LogP contribution in [0.2, 0.25) is 0 Å². The normalized spacial score (nSPS) is 30.2. The van der Waals surface area contributed by atoms with Gasteiger partial charge in [0.1, 0.15) is 5.60 Å². The Kier molecular flexibility index (Phi) is 4.46. The van der Waals surface area contributed by atoms with Crippen molar-refractivity contribution in [2.45, 2.75) is 57.7 Å². The van der Waals surface area contributed by atoms with Gasteiger partial charge < -0.3 is 19.5 Å². The van der Waals surface area contributed by atoms with Gasteiger partial charge in [-0.05, 0) is 46.5 Å². The lowest BCUT2D eigenvalue weighted by atomic mass is 9.76. The van der Waals surface area contributed by atoms with E-state index in [-0.39, 0.29) is 6.09 Å². The molecule has 0 bridgehead atoms.